The van der Waals surface area contributed by atoms with E-state index in [1.165, 1.54) is 13.3 Å². The molecule has 116 valence electrons. The molecule has 0 bridgehead atoms. The molecular formula is C17H26N2O2. The Morgan fingerprint density at radius 3 is 2.38 bits per heavy atom. The van der Waals surface area contributed by atoms with Crippen LogP contribution < -0.4 is 5.32 Å². The Morgan fingerprint density at radius 2 is 1.86 bits per heavy atom. The minimum atomic E-state index is -0.478. The van der Waals surface area contributed by atoms with Crippen molar-refractivity contribution in [3.63, 3.8) is 0 Å². The number of rotatable bonds is 4. The zero-order valence-corrected chi connectivity index (χ0v) is 13.2. The van der Waals surface area contributed by atoms with Crippen LogP contribution in [0.3, 0.4) is 0 Å². The first-order valence-electron chi connectivity index (χ1n) is 7.72. The van der Waals surface area contributed by atoms with E-state index in [9.17, 15) is 9.90 Å². The number of hydrogen-bond donors (Lipinski definition) is 2. The fourth-order valence-corrected chi connectivity index (χ4v) is 3.28. The molecule has 0 radical (unpaired) electrons. The van der Waals surface area contributed by atoms with Crippen molar-refractivity contribution in [1.82, 2.24) is 4.90 Å². The van der Waals surface area contributed by atoms with Crippen LogP contribution in [0.1, 0.15) is 38.9 Å². The molecule has 1 saturated heterocycles. The van der Waals surface area contributed by atoms with Crippen molar-refractivity contribution >= 4 is 11.6 Å². The highest BCUT2D eigenvalue weighted by molar-refractivity contribution is 5.88. The number of β-amino-alcohol motifs (C(OH)–C–C–N with tert-alkyl or cyclic N) is 1. The highest BCUT2D eigenvalue weighted by Crippen LogP contribution is 2.24. The highest BCUT2D eigenvalue weighted by Gasteiger charge is 2.23. The number of anilines is 1. The summed E-state index contributed by atoms with van der Waals surface area (Å²) >= 11 is 0. The Balaban J connectivity index is 1.93. The molecule has 1 aromatic carbocycles. The lowest BCUT2D eigenvalue weighted by Gasteiger charge is -2.36. The summed E-state index contributed by atoms with van der Waals surface area (Å²) in [6, 6.07) is 7.43. The van der Waals surface area contributed by atoms with E-state index in [2.05, 4.69) is 24.1 Å². The number of aliphatic hydroxyl groups is 1. The SMILES string of the molecule is CC(=O)Nc1ccc(C(O)CN2CC(C)CC(C)C2)cc1. The Hall–Kier alpha value is -1.39. The summed E-state index contributed by atoms with van der Waals surface area (Å²) in [5.41, 5.74) is 1.66. The van der Waals surface area contributed by atoms with E-state index < -0.39 is 6.10 Å². The van der Waals surface area contributed by atoms with E-state index in [0.717, 1.165) is 24.3 Å². The zero-order valence-electron chi connectivity index (χ0n) is 13.2. The molecule has 0 aliphatic carbocycles. The van der Waals surface area contributed by atoms with E-state index in [1.807, 2.05) is 24.3 Å². The Bertz CT molecular complexity index is 462. The van der Waals surface area contributed by atoms with Gasteiger partial charge in [-0.3, -0.25) is 9.69 Å². The van der Waals surface area contributed by atoms with Crippen molar-refractivity contribution in [2.45, 2.75) is 33.3 Å². The molecule has 1 aromatic rings. The molecule has 3 unspecified atom stereocenters. The molecule has 1 amide bonds. The second-order valence-corrected chi connectivity index (χ2v) is 6.48. The van der Waals surface area contributed by atoms with Crippen LogP contribution in [0.15, 0.2) is 24.3 Å². The number of carbonyl (C=O) groups excluding carboxylic acids is 1. The number of benzene rings is 1. The lowest BCUT2D eigenvalue weighted by molar-refractivity contribution is -0.114. The van der Waals surface area contributed by atoms with Crippen LogP contribution in [-0.2, 0) is 4.79 Å². The molecule has 2 rings (SSSR count). The van der Waals surface area contributed by atoms with Gasteiger partial charge in [0.2, 0.25) is 5.91 Å². The first-order valence-corrected chi connectivity index (χ1v) is 7.72. The minimum absolute atomic E-state index is 0.0837. The van der Waals surface area contributed by atoms with Gasteiger partial charge in [-0.2, -0.15) is 0 Å². The molecule has 0 saturated carbocycles. The van der Waals surface area contributed by atoms with Crippen LogP contribution >= 0.6 is 0 Å². The number of amides is 1. The molecule has 1 aliphatic heterocycles. The third kappa shape index (κ3) is 4.83. The zero-order chi connectivity index (χ0) is 15.4. The molecule has 2 N–H and O–H groups in total. The fraction of sp³-hybridized carbons (Fsp3) is 0.588. The fourth-order valence-electron chi connectivity index (χ4n) is 3.28. The largest absolute Gasteiger partial charge is 0.387 e. The molecular weight excluding hydrogens is 264 g/mol. The van der Waals surface area contributed by atoms with Crippen LogP contribution in [-0.4, -0.2) is 35.5 Å². The van der Waals surface area contributed by atoms with Gasteiger partial charge in [-0.15, -0.1) is 0 Å². The quantitative estimate of drug-likeness (QED) is 0.896. The first-order chi connectivity index (χ1) is 9.94. The van der Waals surface area contributed by atoms with Gasteiger partial charge in [0.25, 0.3) is 0 Å². The second kappa shape index (κ2) is 7.05. The average molecular weight is 290 g/mol. The minimum Gasteiger partial charge on any atom is -0.387 e. The number of aliphatic hydroxyl groups excluding tert-OH is 1. The normalized spacial score (nSPS) is 24.6. The van der Waals surface area contributed by atoms with Gasteiger partial charge in [0, 0.05) is 32.2 Å². The molecule has 1 heterocycles. The Labute approximate surface area is 127 Å². The van der Waals surface area contributed by atoms with E-state index >= 15 is 0 Å². The Morgan fingerprint density at radius 1 is 1.29 bits per heavy atom. The number of hydrogen-bond acceptors (Lipinski definition) is 3. The molecule has 21 heavy (non-hydrogen) atoms. The lowest BCUT2D eigenvalue weighted by atomic mass is 9.91. The predicted octanol–water partition coefficient (Wildman–Crippen LogP) is 2.66. The standard InChI is InChI=1S/C17H26N2O2/c1-12-8-13(2)10-19(9-12)11-17(21)15-4-6-16(7-5-15)18-14(3)20/h4-7,12-13,17,21H,8-11H2,1-3H3,(H,18,20). The number of nitrogens with one attached hydrogen (secondary N) is 1. The Kier molecular flexibility index (Phi) is 5.37. The molecule has 1 fully saturated rings. The van der Waals surface area contributed by atoms with Gasteiger partial charge < -0.3 is 10.4 Å². The maximum absolute atomic E-state index is 11.0. The number of likely N-dealkylation sites (tertiary alicyclic amines) is 1. The molecule has 1 aliphatic rings. The van der Waals surface area contributed by atoms with Crippen LogP contribution in [0.5, 0.6) is 0 Å². The first kappa shape index (κ1) is 16.0. The van der Waals surface area contributed by atoms with Crippen molar-refractivity contribution < 1.29 is 9.90 Å². The summed E-state index contributed by atoms with van der Waals surface area (Å²) in [6.45, 7) is 8.83. The van der Waals surface area contributed by atoms with Crippen LogP contribution in [0.25, 0.3) is 0 Å². The molecule has 3 atom stereocenters. The van der Waals surface area contributed by atoms with E-state index in [1.54, 1.807) is 0 Å². The third-order valence-electron chi connectivity index (χ3n) is 3.99. The molecule has 4 heteroatoms. The van der Waals surface area contributed by atoms with Gasteiger partial charge >= 0.3 is 0 Å². The van der Waals surface area contributed by atoms with E-state index in [4.69, 9.17) is 0 Å². The molecule has 4 nitrogen and oxygen atoms in total. The summed E-state index contributed by atoms with van der Waals surface area (Å²) < 4.78 is 0. The number of piperidine rings is 1. The topological polar surface area (TPSA) is 52.6 Å². The van der Waals surface area contributed by atoms with Gasteiger partial charge in [0.1, 0.15) is 0 Å². The van der Waals surface area contributed by atoms with Crippen molar-refractivity contribution in [3.05, 3.63) is 29.8 Å². The number of nitrogens with zero attached hydrogens (tertiary/aromatic N) is 1. The maximum atomic E-state index is 11.0. The average Bonchev–Trinajstić information content (AvgIpc) is 2.37. The smallest absolute Gasteiger partial charge is 0.221 e. The van der Waals surface area contributed by atoms with Crippen LogP contribution in [0.2, 0.25) is 0 Å². The second-order valence-electron chi connectivity index (χ2n) is 6.48. The van der Waals surface area contributed by atoms with E-state index in [0.29, 0.717) is 18.4 Å². The molecule has 0 spiro atoms. The van der Waals surface area contributed by atoms with Gasteiger partial charge in [-0.1, -0.05) is 26.0 Å². The van der Waals surface area contributed by atoms with Crippen molar-refractivity contribution in [1.29, 1.82) is 0 Å². The maximum Gasteiger partial charge on any atom is 0.221 e. The van der Waals surface area contributed by atoms with E-state index in [-0.39, 0.29) is 5.91 Å². The number of carbonyl (C=O) groups is 1. The summed E-state index contributed by atoms with van der Waals surface area (Å²) in [4.78, 5) is 13.3. The summed E-state index contributed by atoms with van der Waals surface area (Å²) in [5, 5.41) is 13.1. The van der Waals surface area contributed by atoms with Crippen LogP contribution in [0, 0.1) is 11.8 Å². The highest BCUT2D eigenvalue weighted by atomic mass is 16.3. The summed E-state index contributed by atoms with van der Waals surface area (Å²) in [5.74, 6) is 1.31. The third-order valence-corrected chi connectivity index (χ3v) is 3.99. The van der Waals surface area contributed by atoms with Gasteiger partial charge in [-0.25, -0.2) is 0 Å². The molecule has 0 aromatic heterocycles. The van der Waals surface area contributed by atoms with Crippen molar-refractivity contribution in [2.24, 2.45) is 11.8 Å². The predicted molar refractivity (Wildman–Crippen MR) is 85.1 cm³/mol. The van der Waals surface area contributed by atoms with Crippen molar-refractivity contribution in [2.75, 3.05) is 25.0 Å². The van der Waals surface area contributed by atoms with Crippen molar-refractivity contribution in [3.8, 4) is 0 Å². The van der Waals surface area contributed by atoms with Crippen LogP contribution in [0.4, 0.5) is 5.69 Å². The lowest BCUT2D eigenvalue weighted by Crippen LogP contribution is -2.40. The monoisotopic (exact) mass is 290 g/mol. The van der Waals surface area contributed by atoms with Gasteiger partial charge in [0.15, 0.2) is 0 Å². The van der Waals surface area contributed by atoms with Gasteiger partial charge in [0.05, 0.1) is 6.10 Å². The summed E-state index contributed by atoms with van der Waals surface area (Å²) in [6.07, 6.45) is 0.798. The summed E-state index contributed by atoms with van der Waals surface area (Å²) in [7, 11) is 0. The van der Waals surface area contributed by atoms with Gasteiger partial charge in [-0.05, 0) is 36.0 Å².